The number of likely N-dealkylation sites (N-methyl/N-ethyl adjacent to an activating group) is 1. The van der Waals surface area contributed by atoms with Gasteiger partial charge in [0.05, 0.1) is 0 Å². The first kappa shape index (κ1) is 7.11. The lowest BCUT2D eigenvalue weighted by Gasteiger charge is -2.28. The maximum atomic E-state index is 2.41. The summed E-state index contributed by atoms with van der Waals surface area (Å²) in [4.78, 5) is 2.41. The first-order chi connectivity index (χ1) is 5.36. The van der Waals surface area contributed by atoms with Crippen LogP contribution in [0.4, 0.5) is 0 Å². The zero-order valence-electron chi connectivity index (χ0n) is 7.14. The monoisotopic (exact) mass is 149 g/mol. The van der Waals surface area contributed by atoms with Crippen molar-refractivity contribution >= 4 is 0 Å². The lowest BCUT2D eigenvalue weighted by Crippen LogP contribution is -2.28. The standard InChI is InChI=1S/C10H15N/c1-11-7-6-9-4-2-3-5-10(9)8-11/h2,4H,3,5-8H2,1H3. The molecule has 2 aliphatic rings. The van der Waals surface area contributed by atoms with Gasteiger partial charge in [0.2, 0.25) is 0 Å². The molecule has 1 nitrogen and oxygen atoms in total. The lowest BCUT2D eigenvalue weighted by atomic mass is 9.92. The highest BCUT2D eigenvalue weighted by Crippen LogP contribution is 2.25. The van der Waals surface area contributed by atoms with Crippen LogP contribution in [-0.4, -0.2) is 25.0 Å². The van der Waals surface area contributed by atoms with Gasteiger partial charge in [-0.3, -0.25) is 0 Å². The fraction of sp³-hybridized carbons (Fsp3) is 0.600. The molecule has 0 saturated carbocycles. The summed E-state index contributed by atoms with van der Waals surface area (Å²) in [5, 5.41) is 0. The topological polar surface area (TPSA) is 3.24 Å². The van der Waals surface area contributed by atoms with E-state index in [4.69, 9.17) is 0 Å². The van der Waals surface area contributed by atoms with Gasteiger partial charge in [0, 0.05) is 13.1 Å². The largest absolute Gasteiger partial charge is 0.302 e. The van der Waals surface area contributed by atoms with Crippen LogP contribution in [0.3, 0.4) is 0 Å². The molecule has 0 amide bonds. The number of hydrogen-bond donors (Lipinski definition) is 0. The molecule has 1 heterocycles. The van der Waals surface area contributed by atoms with Crippen LogP contribution in [0.25, 0.3) is 0 Å². The van der Waals surface area contributed by atoms with Gasteiger partial charge >= 0.3 is 0 Å². The molecule has 0 atom stereocenters. The Morgan fingerprint density at radius 3 is 3.18 bits per heavy atom. The van der Waals surface area contributed by atoms with Crippen LogP contribution >= 0.6 is 0 Å². The molecule has 2 rings (SSSR count). The molecule has 0 aromatic carbocycles. The second-order valence-corrected chi connectivity index (χ2v) is 3.56. The van der Waals surface area contributed by atoms with E-state index < -0.39 is 0 Å². The van der Waals surface area contributed by atoms with Crippen molar-refractivity contribution in [3.05, 3.63) is 23.3 Å². The van der Waals surface area contributed by atoms with Crippen molar-refractivity contribution in [2.75, 3.05) is 20.1 Å². The van der Waals surface area contributed by atoms with Gasteiger partial charge in [0.25, 0.3) is 0 Å². The molecule has 60 valence electrons. The van der Waals surface area contributed by atoms with Gasteiger partial charge in [-0.2, -0.15) is 0 Å². The Morgan fingerprint density at radius 2 is 2.27 bits per heavy atom. The Hall–Kier alpha value is -0.560. The molecule has 1 aliphatic carbocycles. The van der Waals surface area contributed by atoms with Crippen molar-refractivity contribution < 1.29 is 0 Å². The van der Waals surface area contributed by atoms with E-state index in [1.165, 1.54) is 32.4 Å². The van der Waals surface area contributed by atoms with Crippen LogP contribution in [0, 0.1) is 0 Å². The van der Waals surface area contributed by atoms with E-state index in [9.17, 15) is 0 Å². The third kappa shape index (κ3) is 1.38. The maximum Gasteiger partial charge on any atom is 0.0195 e. The molecule has 0 aromatic rings. The smallest absolute Gasteiger partial charge is 0.0195 e. The van der Waals surface area contributed by atoms with Crippen molar-refractivity contribution in [1.82, 2.24) is 4.90 Å². The fourth-order valence-corrected chi connectivity index (χ4v) is 1.92. The fourth-order valence-electron chi connectivity index (χ4n) is 1.92. The Labute approximate surface area is 68.4 Å². The summed E-state index contributed by atoms with van der Waals surface area (Å²) in [6.07, 6.45) is 8.46. The predicted octanol–water partition coefficient (Wildman–Crippen LogP) is 1.97. The highest BCUT2D eigenvalue weighted by atomic mass is 15.1. The van der Waals surface area contributed by atoms with Crippen LogP contribution in [0.15, 0.2) is 23.3 Å². The molecule has 1 heteroatoms. The van der Waals surface area contributed by atoms with Crippen LogP contribution in [-0.2, 0) is 0 Å². The van der Waals surface area contributed by atoms with Crippen LogP contribution < -0.4 is 0 Å². The van der Waals surface area contributed by atoms with Crippen molar-refractivity contribution in [1.29, 1.82) is 0 Å². The summed E-state index contributed by atoms with van der Waals surface area (Å²) < 4.78 is 0. The summed E-state index contributed by atoms with van der Waals surface area (Å²) in [6, 6.07) is 0. The van der Waals surface area contributed by atoms with E-state index >= 15 is 0 Å². The zero-order chi connectivity index (χ0) is 7.68. The molecular formula is C10H15N. The molecule has 0 fully saturated rings. The van der Waals surface area contributed by atoms with Crippen molar-refractivity contribution in [3.8, 4) is 0 Å². The van der Waals surface area contributed by atoms with Crippen LogP contribution in [0.5, 0.6) is 0 Å². The molecular weight excluding hydrogens is 134 g/mol. The average molecular weight is 149 g/mol. The third-order valence-electron chi connectivity index (χ3n) is 2.61. The molecule has 0 saturated heterocycles. The Morgan fingerprint density at radius 1 is 1.36 bits per heavy atom. The van der Waals surface area contributed by atoms with E-state index in [0.717, 1.165) is 0 Å². The van der Waals surface area contributed by atoms with E-state index in [-0.39, 0.29) is 0 Å². The summed E-state index contributed by atoms with van der Waals surface area (Å²) in [5.41, 5.74) is 3.30. The second-order valence-electron chi connectivity index (χ2n) is 3.56. The number of allylic oxidation sites excluding steroid dienone is 2. The van der Waals surface area contributed by atoms with Crippen molar-refractivity contribution in [2.24, 2.45) is 0 Å². The molecule has 0 bridgehead atoms. The SMILES string of the molecule is CN1CCC2=C(CCC=C2)C1. The highest BCUT2D eigenvalue weighted by molar-refractivity contribution is 5.32. The van der Waals surface area contributed by atoms with Gasteiger partial charge in [0.15, 0.2) is 0 Å². The van der Waals surface area contributed by atoms with Gasteiger partial charge in [0.1, 0.15) is 0 Å². The molecule has 0 N–H and O–H groups in total. The maximum absolute atomic E-state index is 2.41. The summed E-state index contributed by atoms with van der Waals surface area (Å²) in [7, 11) is 2.21. The normalized spacial score (nSPS) is 25.5. The first-order valence-corrected chi connectivity index (χ1v) is 4.42. The first-order valence-electron chi connectivity index (χ1n) is 4.42. The molecule has 11 heavy (non-hydrogen) atoms. The van der Waals surface area contributed by atoms with Gasteiger partial charge in [-0.25, -0.2) is 0 Å². The van der Waals surface area contributed by atoms with Crippen LogP contribution in [0.1, 0.15) is 19.3 Å². The number of hydrogen-bond acceptors (Lipinski definition) is 1. The summed E-state index contributed by atoms with van der Waals surface area (Å²) in [5.74, 6) is 0. The second kappa shape index (κ2) is 2.82. The van der Waals surface area contributed by atoms with Crippen molar-refractivity contribution in [2.45, 2.75) is 19.3 Å². The Balaban J connectivity index is 2.19. The minimum absolute atomic E-state index is 1.21. The Bertz CT molecular complexity index is 213. The van der Waals surface area contributed by atoms with Gasteiger partial charge in [-0.1, -0.05) is 17.7 Å². The quantitative estimate of drug-likeness (QED) is 0.509. The highest BCUT2D eigenvalue weighted by Gasteiger charge is 2.15. The molecule has 1 aliphatic heterocycles. The molecule has 0 unspecified atom stereocenters. The third-order valence-corrected chi connectivity index (χ3v) is 2.61. The number of rotatable bonds is 0. The zero-order valence-corrected chi connectivity index (χ0v) is 7.14. The number of nitrogens with zero attached hydrogens (tertiary/aromatic N) is 1. The van der Waals surface area contributed by atoms with E-state index in [0.29, 0.717) is 0 Å². The minimum atomic E-state index is 1.21. The van der Waals surface area contributed by atoms with E-state index in [1.807, 2.05) is 0 Å². The summed E-state index contributed by atoms with van der Waals surface area (Å²) >= 11 is 0. The van der Waals surface area contributed by atoms with E-state index in [1.54, 1.807) is 11.1 Å². The average Bonchev–Trinajstić information content (AvgIpc) is 2.04. The minimum Gasteiger partial charge on any atom is -0.302 e. The van der Waals surface area contributed by atoms with Gasteiger partial charge < -0.3 is 4.90 Å². The Kier molecular flexibility index (Phi) is 1.82. The van der Waals surface area contributed by atoms with E-state index in [2.05, 4.69) is 24.1 Å². The van der Waals surface area contributed by atoms with Gasteiger partial charge in [-0.05, 0) is 31.9 Å². The van der Waals surface area contributed by atoms with Crippen molar-refractivity contribution in [3.63, 3.8) is 0 Å². The lowest BCUT2D eigenvalue weighted by molar-refractivity contribution is 0.344. The van der Waals surface area contributed by atoms with Gasteiger partial charge in [-0.15, -0.1) is 0 Å². The van der Waals surface area contributed by atoms with Crippen LogP contribution in [0.2, 0.25) is 0 Å². The molecule has 0 radical (unpaired) electrons. The summed E-state index contributed by atoms with van der Waals surface area (Å²) in [6.45, 7) is 2.45. The predicted molar refractivity (Wildman–Crippen MR) is 47.5 cm³/mol. The molecule has 0 aromatic heterocycles. The molecule has 0 spiro atoms.